The molecular weight excluding hydrogens is 320 g/mol. The minimum absolute atomic E-state index is 0.0591. The van der Waals surface area contributed by atoms with Crippen molar-refractivity contribution < 1.29 is 19.1 Å². The van der Waals surface area contributed by atoms with Gasteiger partial charge in [-0.1, -0.05) is 11.6 Å². The maximum Gasteiger partial charge on any atom is 0.339 e. The Morgan fingerprint density at radius 3 is 2.26 bits per heavy atom. The summed E-state index contributed by atoms with van der Waals surface area (Å²) in [5.41, 5.74) is 7.41. The largest absolute Gasteiger partial charge is 0.465 e. The molecule has 6 nitrogen and oxygen atoms in total. The van der Waals surface area contributed by atoms with Crippen LogP contribution in [0.5, 0.6) is 0 Å². The summed E-state index contributed by atoms with van der Waals surface area (Å²) in [6.45, 7) is 0. The fraction of sp³-hybridized carbons (Fsp3) is 0.312. The van der Waals surface area contributed by atoms with Gasteiger partial charge in [0, 0.05) is 11.1 Å². The van der Waals surface area contributed by atoms with Crippen LogP contribution in [0.3, 0.4) is 0 Å². The third kappa shape index (κ3) is 2.39. The fourth-order valence-electron chi connectivity index (χ4n) is 3.00. The van der Waals surface area contributed by atoms with E-state index in [2.05, 4.69) is 4.74 Å². The van der Waals surface area contributed by atoms with Gasteiger partial charge in [-0.15, -0.1) is 0 Å². The molecule has 0 bridgehead atoms. The topological polar surface area (TPSA) is 89.7 Å². The normalized spacial score (nSPS) is 17.6. The van der Waals surface area contributed by atoms with Crippen LogP contribution < -0.4 is 10.6 Å². The van der Waals surface area contributed by atoms with E-state index in [1.807, 2.05) is 0 Å². The third-order valence-electron chi connectivity index (χ3n) is 4.15. The maximum atomic E-state index is 12.6. The summed E-state index contributed by atoms with van der Waals surface area (Å²) in [5.74, 6) is -1.39. The Hall–Kier alpha value is -2.34. The number of hydrogen-bond donors (Lipinski definition) is 1. The van der Waals surface area contributed by atoms with Gasteiger partial charge < -0.3 is 10.5 Å². The summed E-state index contributed by atoms with van der Waals surface area (Å²) in [4.78, 5) is 38.0. The Morgan fingerprint density at radius 1 is 1.17 bits per heavy atom. The lowest BCUT2D eigenvalue weighted by Gasteiger charge is -2.18. The SMILES string of the molecule is COC(=O)c1cc(N2C(=O)C3=C(CCCC3)C2=O)c(N)cc1Cl. The minimum atomic E-state index is -0.659. The van der Waals surface area contributed by atoms with E-state index in [1.165, 1.54) is 19.2 Å². The van der Waals surface area contributed by atoms with Gasteiger partial charge in [0.05, 0.1) is 29.1 Å². The molecule has 1 aliphatic carbocycles. The molecule has 1 aromatic carbocycles. The number of halogens is 1. The van der Waals surface area contributed by atoms with Crippen molar-refractivity contribution in [1.82, 2.24) is 0 Å². The molecule has 2 N–H and O–H groups in total. The monoisotopic (exact) mass is 334 g/mol. The van der Waals surface area contributed by atoms with E-state index in [-0.39, 0.29) is 33.8 Å². The van der Waals surface area contributed by atoms with Gasteiger partial charge in [0.15, 0.2) is 0 Å². The van der Waals surface area contributed by atoms with Crippen molar-refractivity contribution >= 4 is 40.8 Å². The lowest BCUT2D eigenvalue weighted by atomic mass is 9.93. The lowest BCUT2D eigenvalue weighted by Crippen LogP contribution is -2.32. The molecule has 0 atom stereocenters. The molecule has 1 heterocycles. The molecule has 0 saturated carbocycles. The third-order valence-corrected chi connectivity index (χ3v) is 4.47. The molecule has 0 fully saturated rings. The molecule has 1 aliphatic heterocycles. The average molecular weight is 335 g/mol. The van der Waals surface area contributed by atoms with Gasteiger partial charge in [-0.3, -0.25) is 9.59 Å². The van der Waals surface area contributed by atoms with Crippen molar-refractivity contribution in [3.8, 4) is 0 Å². The number of carbonyl (C=O) groups excluding carboxylic acids is 3. The average Bonchev–Trinajstić information content (AvgIpc) is 2.79. The van der Waals surface area contributed by atoms with E-state index in [0.29, 0.717) is 24.0 Å². The van der Waals surface area contributed by atoms with E-state index < -0.39 is 5.97 Å². The summed E-state index contributed by atoms with van der Waals surface area (Å²) < 4.78 is 4.66. The molecule has 0 aromatic heterocycles. The van der Waals surface area contributed by atoms with E-state index in [1.54, 1.807) is 0 Å². The highest BCUT2D eigenvalue weighted by Crippen LogP contribution is 2.39. The van der Waals surface area contributed by atoms with Gasteiger partial charge in [-0.25, -0.2) is 9.69 Å². The first-order valence-electron chi connectivity index (χ1n) is 7.24. The van der Waals surface area contributed by atoms with Crippen LogP contribution in [0.2, 0.25) is 5.02 Å². The number of nitrogens with zero attached hydrogens (tertiary/aromatic N) is 1. The number of methoxy groups -OCH3 is 1. The zero-order chi connectivity index (χ0) is 16.7. The highest BCUT2D eigenvalue weighted by atomic mass is 35.5. The molecule has 0 unspecified atom stereocenters. The standard InChI is InChI=1S/C16H15ClN2O4/c1-23-16(22)10-6-13(12(18)7-11(10)17)19-14(20)8-4-2-3-5-9(8)15(19)21/h6-7H,2-5,18H2,1H3. The summed E-state index contributed by atoms with van der Waals surface area (Å²) in [5, 5.41) is 0.106. The van der Waals surface area contributed by atoms with E-state index in [4.69, 9.17) is 17.3 Å². The Morgan fingerprint density at radius 2 is 1.74 bits per heavy atom. The van der Waals surface area contributed by atoms with Crippen LogP contribution in [-0.4, -0.2) is 24.9 Å². The van der Waals surface area contributed by atoms with E-state index in [9.17, 15) is 14.4 Å². The van der Waals surface area contributed by atoms with Crippen LogP contribution in [0.4, 0.5) is 11.4 Å². The van der Waals surface area contributed by atoms with Gasteiger partial charge in [-0.05, 0) is 37.8 Å². The molecule has 23 heavy (non-hydrogen) atoms. The quantitative estimate of drug-likeness (QED) is 0.509. The Labute approximate surface area is 137 Å². The Bertz CT molecular complexity index is 742. The van der Waals surface area contributed by atoms with Gasteiger partial charge >= 0.3 is 5.97 Å². The number of esters is 1. The van der Waals surface area contributed by atoms with Crippen molar-refractivity contribution in [2.24, 2.45) is 0 Å². The van der Waals surface area contributed by atoms with E-state index in [0.717, 1.165) is 17.7 Å². The summed E-state index contributed by atoms with van der Waals surface area (Å²) in [6, 6.07) is 2.68. The summed E-state index contributed by atoms with van der Waals surface area (Å²) in [7, 11) is 1.22. The number of hydrogen-bond acceptors (Lipinski definition) is 5. The lowest BCUT2D eigenvalue weighted by molar-refractivity contribution is -0.120. The molecule has 0 saturated heterocycles. The highest BCUT2D eigenvalue weighted by molar-refractivity contribution is 6.36. The van der Waals surface area contributed by atoms with Gasteiger partial charge in [0.2, 0.25) is 0 Å². The van der Waals surface area contributed by atoms with Crippen LogP contribution >= 0.6 is 11.6 Å². The Balaban J connectivity index is 2.08. The number of carbonyl (C=O) groups is 3. The van der Waals surface area contributed by atoms with Gasteiger partial charge in [-0.2, -0.15) is 0 Å². The first kappa shape index (κ1) is 15.6. The highest BCUT2D eigenvalue weighted by Gasteiger charge is 2.40. The molecular formula is C16H15ClN2O4. The second kappa shape index (κ2) is 5.70. The van der Waals surface area contributed by atoms with E-state index >= 15 is 0 Å². The number of imide groups is 1. The molecule has 0 spiro atoms. The van der Waals surface area contributed by atoms with Crippen LogP contribution in [0.25, 0.3) is 0 Å². The van der Waals surface area contributed by atoms with Crippen LogP contribution in [0.15, 0.2) is 23.3 Å². The maximum absolute atomic E-state index is 12.6. The smallest absolute Gasteiger partial charge is 0.339 e. The van der Waals surface area contributed by atoms with Gasteiger partial charge in [0.1, 0.15) is 0 Å². The number of benzene rings is 1. The molecule has 2 amide bonds. The van der Waals surface area contributed by atoms with Crippen LogP contribution in [0, 0.1) is 0 Å². The summed E-state index contributed by atoms with van der Waals surface area (Å²) >= 11 is 6.00. The van der Waals surface area contributed by atoms with Crippen LogP contribution in [0.1, 0.15) is 36.0 Å². The fourth-order valence-corrected chi connectivity index (χ4v) is 3.24. The Kier molecular flexibility index (Phi) is 3.85. The minimum Gasteiger partial charge on any atom is -0.465 e. The number of rotatable bonds is 2. The molecule has 1 aromatic rings. The number of ether oxygens (including phenoxy) is 1. The molecule has 120 valence electrons. The first-order chi connectivity index (χ1) is 11.0. The number of nitrogen functional groups attached to an aromatic ring is 1. The number of amides is 2. The van der Waals surface area contributed by atoms with Crippen molar-refractivity contribution in [2.45, 2.75) is 25.7 Å². The summed E-state index contributed by atoms with van der Waals surface area (Å²) in [6.07, 6.45) is 2.95. The van der Waals surface area contributed by atoms with Crippen molar-refractivity contribution in [1.29, 1.82) is 0 Å². The molecule has 3 rings (SSSR count). The second-order valence-electron chi connectivity index (χ2n) is 5.49. The second-order valence-corrected chi connectivity index (χ2v) is 5.90. The van der Waals surface area contributed by atoms with Crippen molar-refractivity contribution in [3.05, 3.63) is 33.9 Å². The molecule has 0 radical (unpaired) electrons. The van der Waals surface area contributed by atoms with Gasteiger partial charge in [0.25, 0.3) is 11.8 Å². The van der Waals surface area contributed by atoms with Crippen molar-refractivity contribution in [3.63, 3.8) is 0 Å². The number of anilines is 2. The predicted octanol–water partition coefficient (Wildman–Crippen LogP) is 2.45. The zero-order valence-electron chi connectivity index (χ0n) is 12.5. The predicted molar refractivity (Wildman–Crippen MR) is 85.2 cm³/mol. The van der Waals surface area contributed by atoms with Crippen molar-refractivity contribution in [2.75, 3.05) is 17.7 Å². The zero-order valence-corrected chi connectivity index (χ0v) is 13.3. The first-order valence-corrected chi connectivity index (χ1v) is 7.61. The number of nitrogens with two attached hydrogens (primary N) is 1. The molecule has 2 aliphatic rings. The van der Waals surface area contributed by atoms with Crippen LogP contribution in [-0.2, 0) is 14.3 Å². The molecule has 7 heteroatoms.